The minimum Gasteiger partial charge on any atom is -0.316 e. The molecule has 5 nitrogen and oxygen atoms in total. The molecule has 0 aliphatic carbocycles. The van der Waals surface area contributed by atoms with Crippen LogP contribution in [0.15, 0.2) is 18.3 Å². The average molecular weight is 269 g/mol. The number of aromatic nitrogens is 1. The van der Waals surface area contributed by atoms with Crippen molar-refractivity contribution < 1.29 is 8.42 Å². The summed E-state index contributed by atoms with van der Waals surface area (Å²) >= 11 is 0. The predicted molar refractivity (Wildman–Crippen MR) is 72.0 cm³/mol. The van der Waals surface area contributed by atoms with Gasteiger partial charge in [0.1, 0.15) is 5.82 Å². The van der Waals surface area contributed by atoms with E-state index in [1.807, 2.05) is 13.0 Å². The third-order valence-electron chi connectivity index (χ3n) is 3.03. The van der Waals surface area contributed by atoms with Crippen LogP contribution in [0.1, 0.15) is 18.4 Å². The van der Waals surface area contributed by atoms with Crippen molar-refractivity contribution in [2.24, 2.45) is 5.92 Å². The minimum absolute atomic E-state index is 0.162. The highest BCUT2D eigenvalue weighted by atomic mass is 32.2. The molecule has 1 aliphatic heterocycles. The van der Waals surface area contributed by atoms with Gasteiger partial charge in [-0.2, -0.15) is 0 Å². The fraction of sp³-hybridized carbons (Fsp3) is 0.583. The van der Waals surface area contributed by atoms with Gasteiger partial charge < -0.3 is 5.32 Å². The van der Waals surface area contributed by atoms with Gasteiger partial charge in [-0.1, -0.05) is 6.07 Å². The van der Waals surface area contributed by atoms with Crippen molar-refractivity contribution in [1.29, 1.82) is 0 Å². The first-order valence-electron chi connectivity index (χ1n) is 6.19. The van der Waals surface area contributed by atoms with Crippen molar-refractivity contribution in [2.45, 2.75) is 19.8 Å². The Morgan fingerprint density at radius 1 is 1.50 bits per heavy atom. The molecule has 18 heavy (non-hydrogen) atoms. The second-order valence-electron chi connectivity index (χ2n) is 4.82. The van der Waals surface area contributed by atoms with Crippen LogP contribution in [-0.2, 0) is 10.0 Å². The number of piperidine rings is 1. The second-order valence-corrected chi connectivity index (χ2v) is 6.58. The Morgan fingerprint density at radius 3 is 2.94 bits per heavy atom. The fourth-order valence-electron chi connectivity index (χ4n) is 2.11. The van der Waals surface area contributed by atoms with Gasteiger partial charge in [-0.05, 0) is 50.4 Å². The summed E-state index contributed by atoms with van der Waals surface area (Å²) in [5, 5.41) is 3.22. The van der Waals surface area contributed by atoms with Crippen molar-refractivity contribution in [3.63, 3.8) is 0 Å². The van der Waals surface area contributed by atoms with Gasteiger partial charge in [-0.15, -0.1) is 0 Å². The first-order chi connectivity index (χ1) is 8.55. The first kappa shape index (κ1) is 13.3. The van der Waals surface area contributed by atoms with Crippen LogP contribution < -0.4 is 10.0 Å². The third-order valence-corrected chi connectivity index (χ3v) is 4.46. The Balaban J connectivity index is 1.96. The largest absolute Gasteiger partial charge is 0.316 e. The normalized spacial score (nSPS) is 20.6. The maximum Gasteiger partial charge on any atom is 0.234 e. The number of hydrogen-bond acceptors (Lipinski definition) is 4. The highest BCUT2D eigenvalue weighted by molar-refractivity contribution is 7.92. The highest BCUT2D eigenvalue weighted by Gasteiger charge is 2.21. The van der Waals surface area contributed by atoms with E-state index in [4.69, 9.17) is 0 Å². The molecule has 1 aromatic heterocycles. The summed E-state index contributed by atoms with van der Waals surface area (Å²) in [6.07, 6.45) is 3.66. The molecule has 1 fully saturated rings. The van der Waals surface area contributed by atoms with Crippen LogP contribution in [0.5, 0.6) is 0 Å². The molecule has 0 spiro atoms. The van der Waals surface area contributed by atoms with Crippen molar-refractivity contribution in [1.82, 2.24) is 10.3 Å². The number of nitrogens with zero attached hydrogens (tertiary/aromatic N) is 1. The van der Waals surface area contributed by atoms with E-state index in [9.17, 15) is 8.42 Å². The molecule has 1 atom stereocenters. The molecule has 1 saturated heterocycles. The van der Waals surface area contributed by atoms with Crippen LogP contribution in [0.25, 0.3) is 0 Å². The molecule has 0 aromatic carbocycles. The SMILES string of the molecule is Cc1ccc(NS(=O)(=O)CC2CCCNC2)nc1. The maximum atomic E-state index is 12.0. The number of nitrogens with one attached hydrogen (secondary N) is 2. The van der Waals surface area contributed by atoms with Crippen molar-refractivity contribution in [2.75, 3.05) is 23.6 Å². The lowest BCUT2D eigenvalue weighted by Gasteiger charge is -2.22. The molecule has 100 valence electrons. The molecule has 1 unspecified atom stereocenters. The molecule has 2 rings (SSSR count). The lowest BCUT2D eigenvalue weighted by atomic mass is 10.0. The molecule has 1 aliphatic rings. The van der Waals surface area contributed by atoms with Crippen LogP contribution in [0.2, 0.25) is 0 Å². The lowest BCUT2D eigenvalue weighted by molar-refractivity contribution is 0.404. The molecule has 2 N–H and O–H groups in total. The number of anilines is 1. The molecular weight excluding hydrogens is 250 g/mol. The molecule has 2 heterocycles. The summed E-state index contributed by atoms with van der Waals surface area (Å²) in [6, 6.07) is 3.53. The average Bonchev–Trinajstić information content (AvgIpc) is 2.32. The third kappa shape index (κ3) is 3.96. The Labute approximate surface area is 108 Å². The van der Waals surface area contributed by atoms with Gasteiger partial charge in [0.2, 0.25) is 10.0 Å². The Bertz CT molecular complexity index is 479. The van der Waals surface area contributed by atoms with E-state index in [1.54, 1.807) is 12.3 Å². The van der Waals surface area contributed by atoms with E-state index in [0.29, 0.717) is 5.82 Å². The predicted octanol–water partition coefficient (Wildman–Crippen LogP) is 1.13. The quantitative estimate of drug-likeness (QED) is 0.859. The zero-order chi connectivity index (χ0) is 13.0. The standard InChI is InChI=1S/C12H19N3O2S/c1-10-4-5-12(14-7-10)15-18(16,17)9-11-3-2-6-13-8-11/h4-5,7,11,13H,2-3,6,8-9H2,1H3,(H,14,15). The van der Waals surface area contributed by atoms with Gasteiger partial charge >= 0.3 is 0 Å². The van der Waals surface area contributed by atoms with Crippen LogP contribution in [0.4, 0.5) is 5.82 Å². The number of aryl methyl sites for hydroxylation is 1. The van der Waals surface area contributed by atoms with Crippen LogP contribution in [0, 0.1) is 12.8 Å². The summed E-state index contributed by atoms with van der Waals surface area (Å²) in [5.74, 6) is 0.751. The summed E-state index contributed by atoms with van der Waals surface area (Å²) < 4.78 is 26.5. The molecule has 0 saturated carbocycles. The van der Waals surface area contributed by atoms with E-state index in [-0.39, 0.29) is 11.7 Å². The van der Waals surface area contributed by atoms with Crippen molar-refractivity contribution >= 4 is 15.8 Å². The zero-order valence-corrected chi connectivity index (χ0v) is 11.3. The maximum absolute atomic E-state index is 12.0. The first-order valence-corrected chi connectivity index (χ1v) is 7.84. The van der Waals surface area contributed by atoms with Gasteiger partial charge in [0.05, 0.1) is 5.75 Å². The number of hydrogen-bond donors (Lipinski definition) is 2. The monoisotopic (exact) mass is 269 g/mol. The summed E-state index contributed by atoms with van der Waals surface area (Å²) in [5.41, 5.74) is 1.01. The van der Waals surface area contributed by atoms with Gasteiger partial charge in [-0.25, -0.2) is 13.4 Å². The van der Waals surface area contributed by atoms with E-state index < -0.39 is 10.0 Å². The Kier molecular flexibility index (Phi) is 4.19. The van der Waals surface area contributed by atoms with Crippen LogP contribution >= 0.6 is 0 Å². The minimum atomic E-state index is -3.30. The summed E-state index contributed by atoms with van der Waals surface area (Å²) in [4.78, 5) is 4.05. The van der Waals surface area contributed by atoms with Crippen molar-refractivity contribution in [3.8, 4) is 0 Å². The second kappa shape index (κ2) is 5.67. The smallest absolute Gasteiger partial charge is 0.234 e. The van der Waals surface area contributed by atoms with E-state index in [1.165, 1.54) is 0 Å². The van der Waals surface area contributed by atoms with Gasteiger partial charge in [0.15, 0.2) is 0 Å². The molecule has 1 aromatic rings. The number of rotatable bonds is 4. The molecule has 6 heteroatoms. The van der Waals surface area contributed by atoms with Crippen molar-refractivity contribution in [3.05, 3.63) is 23.9 Å². The molecule has 0 radical (unpaired) electrons. The highest BCUT2D eigenvalue weighted by Crippen LogP contribution is 2.14. The van der Waals surface area contributed by atoms with Crippen LogP contribution in [-0.4, -0.2) is 32.2 Å². The Hall–Kier alpha value is -1.14. The van der Waals surface area contributed by atoms with E-state index in [2.05, 4.69) is 15.0 Å². The van der Waals surface area contributed by atoms with Gasteiger partial charge in [0.25, 0.3) is 0 Å². The van der Waals surface area contributed by atoms with Gasteiger partial charge in [0, 0.05) is 6.20 Å². The summed E-state index contributed by atoms with van der Waals surface area (Å²) in [6.45, 7) is 3.69. The zero-order valence-electron chi connectivity index (χ0n) is 10.5. The molecule has 0 bridgehead atoms. The summed E-state index contributed by atoms with van der Waals surface area (Å²) in [7, 11) is -3.30. The molecular formula is C12H19N3O2S. The van der Waals surface area contributed by atoms with Gasteiger partial charge in [-0.3, -0.25) is 4.72 Å². The number of sulfonamides is 1. The van der Waals surface area contributed by atoms with E-state index >= 15 is 0 Å². The van der Waals surface area contributed by atoms with Crippen LogP contribution in [0.3, 0.4) is 0 Å². The fourth-order valence-corrected chi connectivity index (χ4v) is 3.53. The Morgan fingerprint density at radius 2 is 2.33 bits per heavy atom. The molecule has 0 amide bonds. The topological polar surface area (TPSA) is 71.1 Å². The van der Waals surface area contributed by atoms with E-state index in [0.717, 1.165) is 31.5 Å². The lowest BCUT2D eigenvalue weighted by Crippen LogP contribution is -2.35. The number of pyridine rings is 1.